The van der Waals surface area contributed by atoms with E-state index in [0.29, 0.717) is 6.54 Å². The maximum Gasteiger partial charge on any atom is 0.237 e. The number of unbranched alkanes of at least 4 members (excludes halogenated alkanes) is 1. The summed E-state index contributed by atoms with van der Waals surface area (Å²) in [7, 11) is 0. The highest BCUT2D eigenvalue weighted by Gasteiger charge is 2.40. The molecule has 2 aliphatic rings. The van der Waals surface area contributed by atoms with E-state index in [9.17, 15) is 9.59 Å². The molecular formula is C29H31ClN4O2. The van der Waals surface area contributed by atoms with Gasteiger partial charge in [0.15, 0.2) is 0 Å². The number of hydrogen-bond acceptors (Lipinski definition) is 3. The van der Waals surface area contributed by atoms with Gasteiger partial charge < -0.3 is 9.97 Å². The number of nitrogens with one attached hydrogen (secondary N) is 2. The van der Waals surface area contributed by atoms with Gasteiger partial charge in [-0.25, -0.2) is 0 Å². The minimum Gasteiger partial charge on any atom is -0.361 e. The summed E-state index contributed by atoms with van der Waals surface area (Å²) in [6.45, 7) is 3.48. The summed E-state index contributed by atoms with van der Waals surface area (Å²) < 4.78 is 0. The third-order valence-electron chi connectivity index (χ3n) is 7.58. The third kappa shape index (κ3) is 4.47. The van der Waals surface area contributed by atoms with Gasteiger partial charge in [0, 0.05) is 65.8 Å². The average Bonchev–Trinajstić information content (AvgIpc) is 3.58. The van der Waals surface area contributed by atoms with Crippen LogP contribution in [0.3, 0.4) is 0 Å². The highest BCUT2D eigenvalue weighted by molar-refractivity contribution is 6.08. The van der Waals surface area contributed by atoms with Crippen LogP contribution in [0.2, 0.25) is 0 Å². The second-order valence-electron chi connectivity index (χ2n) is 9.66. The fourth-order valence-corrected chi connectivity index (χ4v) is 5.64. The Labute approximate surface area is 216 Å². The normalized spacial score (nSPS) is 18.7. The summed E-state index contributed by atoms with van der Waals surface area (Å²) in [6, 6.07) is 16.4. The highest BCUT2D eigenvalue weighted by atomic mass is 35.5. The van der Waals surface area contributed by atoms with Crippen LogP contribution in [0, 0.1) is 0 Å². The predicted molar refractivity (Wildman–Crippen MR) is 146 cm³/mol. The van der Waals surface area contributed by atoms with Crippen LogP contribution in [-0.2, 0) is 9.59 Å². The fraction of sp³-hybridized carbons (Fsp3) is 0.310. The summed E-state index contributed by atoms with van der Waals surface area (Å²) >= 11 is 0. The van der Waals surface area contributed by atoms with Gasteiger partial charge in [-0.05, 0) is 49.1 Å². The average molecular weight is 503 g/mol. The molecule has 2 aromatic heterocycles. The second kappa shape index (κ2) is 10.3. The molecule has 0 saturated carbocycles. The van der Waals surface area contributed by atoms with Gasteiger partial charge in [0.2, 0.25) is 11.8 Å². The van der Waals surface area contributed by atoms with Crippen LogP contribution in [0.5, 0.6) is 0 Å². The Hall–Kier alpha value is -3.35. The molecule has 6 nitrogen and oxygen atoms in total. The molecular weight excluding hydrogens is 472 g/mol. The van der Waals surface area contributed by atoms with Gasteiger partial charge in [0.05, 0.1) is 5.92 Å². The zero-order valence-corrected chi connectivity index (χ0v) is 21.0. The Morgan fingerprint density at radius 2 is 1.56 bits per heavy atom. The van der Waals surface area contributed by atoms with E-state index >= 15 is 0 Å². The van der Waals surface area contributed by atoms with Crippen LogP contribution in [0.25, 0.3) is 27.4 Å². The van der Waals surface area contributed by atoms with Crippen molar-refractivity contribution < 1.29 is 9.59 Å². The number of fused-ring (bicyclic) bond motifs is 2. The Kier molecular flexibility index (Phi) is 6.99. The molecule has 2 aliphatic heterocycles. The molecule has 0 spiro atoms. The lowest BCUT2D eigenvalue weighted by molar-refractivity contribution is -0.138. The number of carbonyl (C=O) groups is 2. The van der Waals surface area contributed by atoms with Gasteiger partial charge in [-0.1, -0.05) is 42.5 Å². The number of amides is 2. The van der Waals surface area contributed by atoms with Gasteiger partial charge in [-0.2, -0.15) is 0 Å². The van der Waals surface area contributed by atoms with Gasteiger partial charge in [-0.3, -0.25) is 19.4 Å². The molecule has 7 heteroatoms. The summed E-state index contributed by atoms with van der Waals surface area (Å²) in [6.07, 6.45) is 9.49. The number of aromatic amines is 2. The molecule has 0 aliphatic carbocycles. The molecule has 4 heterocycles. The van der Waals surface area contributed by atoms with E-state index in [0.717, 1.165) is 55.4 Å². The predicted octanol–water partition coefficient (Wildman–Crippen LogP) is 5.48. The molecule has 1 atom stereocenters. The number of nitrogens with zero attached hydrogens (tertiary/aromatic N) is 2. The van der Waals surface area contributed by atoms with Crippen molar-refractivity contribution in [2.75, 3.05) is 26.2 Å². The lowest BCUT2D eigenvalue weighted by Gasteiger charge is -2.26. The van der Waals surface area contributed by atoms with Gasteiger partial charge in [0.25, 0.3) is 0 Å². The number of hydrogen-bond donors (Lipinski definition) is 2. The smallest absolute Gasteiger partial charge is 0.237 e. The van der Waals surface area contributed by atoms with Crippen LogP contribution >= 0.6 is 12.4 Å². The first-order valence-corrected chi connectivity index (χ1v) is 12.6. The Balaban J connectivity index is 0.00000267. The lowest BCUT2D eigenvalue weighted by atomic mass is 9.97. The van der Waals surface area contributed by atoms with Crippen LogP contribution in [0.15, 0.2) is 67.0 Å². The molecule has 1 unspecified atom stereocenters. The molecule has 2 N–H and O–H groups in total. The van der Waals surface area contributed by atoms with Crippen LogP contribution < -0.4 is 0 Å². The molecule has 2 aromatic carbocycles. The summed E-state index contributed by atoms with van der Waals surface area (Å²) in [5.74, 6) is -0.465. The van der Waals surface area contributed by atoms with Crippen molar-refractivity contribution in [2.45, 2.75) is 31.6 Å². The summed E-state index contributed by atoms with van der Waals surface area (Å²) in [5, 5.41) is 2.32. The number of halogens is 1. The largest absolute Gasteiger partial charge is 0.361 e. The zero-order chi connectivity index (χ0) is 23.8. The Morgan fingerprint density at radius 1 is 0.861 bits per heavy atom. The maximum atomic E-state index is 13.1. The first-order chi connectivity index (χ1) is 17.2. The zero-order valence-electron chi connectivity index (χ0n) is 20.2. The van der Waals surface area contributed by atoms with Crippen molar-refractivity contribution in [1.82, 2.24) is 19.8 Å². The van der Waals surface area contributed by atoms with E-state index in [-0.39, 0.29) is 36.6 Å². The molecule has 36 heavy (non-hydrogen) atoms. The molecule has 186 valence electrons. The molecule has 2 amide bonds. The SMILES string of the molecule is Cl.O=C1CC(c2c[nH]c3ccccc23)C(=O)N1CCCCN1CC=C(c2c[nH]c3ccccc23)CC1. The summed E-state index contributed by atoms with van der Waals surface area (Å²) in [5.41, 5.74) is 5.85. The minimum atomic E-state index is -0.367. The molecule has 6 rings (SSSR count). The monoisotopic (exact) mass is 502 g/mol. The van der Waals surface area contributed by atoms with E-state index in [1.54, 1.807) is 0 Å². The molecule has 1 saturated heterocycles. The maximum absolute atomic E-state index is 13.1. The number of likely N-dealkylation sites (tertiary alicyclic amines) is 1. The number of benzene rings is 2. The quantitative estimate of drug-likeness (QED) is 0.259. The van der Waals surface area contributed by atoms with Crippen molar-refractivity contribution in [1.29, 1.82) is 0 Å². The van der Waals surface area contributed by atoms with Crippen LogP contribution in [0.4, 0.5) is 0 Å². The summed E-state index contributed by atoms with van der Waals surface area (Å²) in [4.78, 5) is 36.3. The van der Waals surface area contributed by atoms with Crippen molar-refractivity contribution in [3.8, 4) is 0 Å². The first kappa shape index (κ1) is 24.3. The number of para-hydroxylation sites is 2. The molecule has 1 fully saturated rings. The lowest BCUT2D eigenvalue weighted by Crippen LogP contribution is -2.33. The number of carbonyl (C=O) groups excluding carboxylic acids is 2. The van der Waals surface area contributed by atoms with E-state index in [1.165, 1.54) is 26.9 Å². The number of rotatable bonds is 7. The van der Waals surface area contributed by atoms with Gasteiger partial charge >= 0.3 is 0 Å². The van der Waals surface area contributed by atoms with Gasteiger partial charge in [0.1, 0.15) is 0 Å². The standard InChI is InChI=1S/C29H30N4O2.ClH/c34-28-17-23(25-19-31-27-10-4-2-8-22(25)27)29(35)33(28)14-6-5-13-32-15-11-20(12-16-32)24-18-30-26-9-3-1-7-21(24)26;/h1-4,7-11,18-19,23,30-31H,5-6,12-17H2;1H. The van der Waals surface area contributed by atoms with Gasteiger partial charge in [-0.15, -0.1) is 12.4 Å². The first-order valence-electron chi connectivity index (χ1n) is 12.6. The molecule has 4 aromatic rings. The number of H-pyrrole nitrogens is 2. The highest BCUT2D eigenvalue weighted by Crippen LogP contribution is 2.34. The fourth-order valence-electron chi connectivity index (χ4n) is 5.64. The van der Waals surface area contributed by atoms with Crippen molar-refractivity contribution >= 4 is 51.6 Å². The van der Waals surface area contributed by atoms with Crippen molar-refractivity contribution in [2.24, 2.45) is 0 Å². The molecule has 0 bridgehead atoms. The van der Waals surface area contributed by atoms with Crippen LogP contribution in [0.1, 0.15) is 42.7 Å². The molecule has 0 radical (unpaired) electrons. The van der Waals surface area contributed by atoms with Crippen molar-refractivity contribution in [3.63, 3.8) is 0 Å². The Bertz CT molecular complexity index is 1440. The second-order valence-corrected chi connectivity index (χ2v) is 9.66. The Morgan fingerprint density at radius 3 is 2.33 bits per heavy atom. The van der Waals surface area contributed by atoms with E-state index in [2.05, 4.69) is 51.4 Å². The van der Waals surface area contributed by atoms with Crippen LogP contribution in [-0.4, -0.2) is 57.8 Å². The third-order valence-corrected chi connectivity index (χ3v) is 7.58. The van der Waals surface area contributed by atoms with E-state index in [1.807, 2.05) is 30.5 Å². The minimum absolute atomic E-state index is 0. The van der Waals surface area contributed by atoms with E-state index < -0.39 is 0 Å². The van der Waals surface area contributed by atoms with Crippen molar-refractivity contribution in [3.05, 3.63) is 78.1 Å². The topological polar surface area (TPSA) is 72.2 Å². The number of imide groups is 1. The number of aromatic nitrogens is 2. The van der Waals surface area contributed by atoms with E-state index in [4.69, 9.17) is 0 Å².